The lowest BCUT2D eigenvalue weighted by Gasteiger charge is -2.37. The van der Waals surface area contributed by atoms with Gasteiger partial charge in [0.2, 0.25) is 0 Å². The molecule has 1 atom stereocenters. The summed E-state index contributed by atoms with van der Waals surface area (Å²) in [6, 6.07) is 7.02. The van der Waals surface area contributed by atoms with Gasteiger partial charge in [0.25, 0.3) is 11.8 Å². The third-order valence-electron chi connectivity index (χ3n) is 3.38. The number of benzene rings is 1. The summed E-state index contributed by atoms with van der Waals surface area (Å²) in [6.45, 7) is 2.00. The van der Waals surface area contributed by atoms with E-state index in [0.717, 1.165) is 6.42 Å². The van der Waals surface area contributed by atoms with E-state index in [9.17, 15) is 9.59 Å². The molecule has 1 aliphatic rings. The molecule has 0 saturated carbocycles. The summed E-state index contributed by atoms with van der Waals surface area (Å²) in [5, 5.41) is 0. The van der Waals surface area contributed by atoms with Gasteiger partial charge in [-0.05, 0) is 12.1 Å². The van der Waals surface area contributed by atoms with Crippen molar-refractivity contribution in [2.45, 2.75) is 19.5 Å². The van der Waals surface area contributed by atoms with Crippen LogP contribution in [0.4, 0.5) is 0 Å². The highest BCUT2D eigenvalue weighted by Gasteiger charge is 2.44. The molecule has 1 heterocycles. The molecule has 1 unspecified atom stereocenters. The number of hydrogen-bond acceptors (Lipinski definition) is 2. The van der Waals surface area contributed by atoms with Crippen LogP contribution in [0.2, 0.25) is 0 Å². The zero-order valence-electron chi connectivity index (χ0n) is 11.3. The van der Waals surface area contributed by atoms with Crippen molar-refractivity contribution in [3.8, 4) is 0 Å². The molecule has 0 aromatic heterocycles. The van der Waals surface area contributed by atoms with Gasteiger partial charge in [-0.25, -0.2) is 4.90 Å². The van der Waals surface area contributed by atoms with E-state index in [4.69, 9.17) is 0 Å². The number of hydrogen-bond donors (Lipinski definition) is 0. The first-order valence-corrected chi connectivity index (χ1v) is 6.16. The van der Waals surface area contributed by atoms with E-state index >= 15 is 0 Å². The molecule has 0 aliphatic carbocycles. The maximum Gasteiger partial charge on any atom is 0.266 e. The van der Waals surface area contributed by atoms with Crippen molar-refractivity contribution in [3.05, 3.63) is 35.4 Å². The summed E-state index contributed by atoms with van der Waals surface area (Å²) < 4.78 is 0.558. The normalized spacial score (nSPS) is 17.0. The van der Waals surface area contributed by atoms with E-state index in [0.29, 0.717) is 15.6 Å². The van der Waals surface area contributed by atoms with E-state index in [2.05, 4.69) is 0 Å². The van der Waals surface area contributed by atoms with Crippen molar-refractivity contribution in [2.75, 3.05) is 21.1 Å². The topological polar surface area (TPSA) is 37.4 Å². The molecule has 0 radical (unpaired) electrons. The molecule has 0 N–H and O–H groups in total. The number of imide groups is 1. The van der Waals surface area contributed by atoms with Crippen LogP contribution in [0.1, 0.15) is 34.1 Å². The first kappa shape index (κ1) is 12.8. The highest BCUT2D eigenvalue weighted by atomic mass is 16.2. The van der Waals surface area contributed by atoms with Crippen molar-refractivity contribution in [1.82, 2.24) is 4.90 Å². The van der Waals surface area contributed by atoms with Crippen LogP contribution in [0.3, 0.4) is 0 Å². The number of amides is 2. The first-order chi connectivity index (χ1) is 8.38. The second-order valence-corrected chi connectivity index (χ2v) is 5.53. The van der Waals surface area contributed by atoms with E-state index in [-0.39, 0.29) is 18.0 Å². The van der Waals surface area contributed by atoms with Crippen LogP contribution in [-0.2, 0) is 0 Å². The minimum atomic E-state index is -0.171. The Labute approximate surface area is 107 Å². The summed E-state index contributed by atoms with van der Waals surface area (Å²) in [7, 11) is 5.99. The van der Waals surface area contributed by atoms with Crippen molar-refractivity contribution in [3.63, 3.8) is 0 Å². The first-order valence-electron chi connectivity index (χ1n) is 6.16. The van der Waals surface area contributed by atoms with Crippen LogP contribution in [0, 0.1) is 0 Å². The Morgan fingerprint density at radius 2 is 1.50 bits per heavy atom. The highest BCUT2D eigenvalue weighted by Crippen LogP contribution is 2.27. The zero-order valence-corrected chi connectivity index (χ0v) is 11.3. The van der Waals surface area contributed by atoms with Gasteiger partial charge in [0.05, 0.1) is 32.3 Å². The molecule has 96 valence electrons. The molecular weight excluding hydrogens is 228 g/mol. The number of rotatable bonds is 3. The Kier molecular flexibility index (Phi) is 2.99. The van der Waals surface area contributed by atoms with Gasteiger partial charge in [0.15, 0.2) is 6.17 Å². The third-order valence-corrected chi connectivity index (χ3v) is 3.38. The molecule has 2 amide bonds. The van der Waals surface area contributed by atoms with Gasteiger partial charge < -0.3 is 4.48 Å². The van der Waals surface area contributed by atoms with Gasteiger partial charge in [-0.2, -0.15) is 0 Å². The molecule has 4 nitrogen and oxygen atoms in total. The average molecular weight is 247 g/mol. The fourth-order valence-corrected chi connectivity index (χ4v) is 2.56. The molecule has 2 rings (SSSR count). The average Bonchev–Trinajstić information content (AvgIpc) is 2.54. The molecule has 0 saturated heterocycles. The second-order valence-electron chi connectivity index (χ2n) is 5.53. The fraction of sp³-hybridized carbons (Fsp3) is 0.429. The SMILES string of the molecule is CCC(N1C(=O)c2ccccc2C1=O)[N+](C)(C)C. The minimum absolute atomic E-state index is 0.127. The Hall–Kier alpha value is -1.68. The van der Waals surface area contributed by atoms with E-state index < -0.39 is 0 Å². The Morgan fingerprint density at radius 3 is 1.83 bits per heavy atom. The van der Waals surface area contributed by atoms with E-state index in [1.165, 1.54) is 4.90 Å². The molecule has 0 fully saturated rings. The van der Waals surface area contributed by atoms with Crippen molar-refractivity contribution >= 4 is 11.8 Å². The van der Waals surface area contributed by atoms with E-state index in [1.807, 2.05) is 28.1 Å². The van der Waals surface area contributed by atoms with Gasteiger partial charge in [-0.3, -0.25) is 9.59 Å². The Morgan fingerprint density at radius 1 is 1.06 bits per heavy atom. The van der Waals surface area contributed by atoms with Gasteiger partial charge in [-0.1, -0.05) is 19.1 Å². The highest BCUT2D eigenvalue weighted by molar-refractivity contribution is 6.21. The van der Waals surface area contributed by atoms with Crippen LogP contribution in [0.15, 0.2) is 24.3 Å². The van der Waals surface area contributed by atoms with Crippen molar-refractivity contribution < 1.29 is 14.1 Å². The molecule has 1 aromatic carbocycles. The molecule has 4 heteroatoms. The number of quaternary nitrogens is 1. The number of carbonyl (C=O) groups excluding carboxylic acids is 2. The van der Waals surface area contributed by atoms with Crippen LogP contribution >= 0.6 is 0 Å². The minimum Gasteiger partial charge on any atom is -0.311 e. The lowest BCUT2D eigenvalue weighted by atomic mass is 10.1. The van der Waals surface area contributed by atoms with Crippen LogP contribution in [0.5, 0.6) is 0 Å². The number of nitrogens with zero attached hydrogens (tertiary/aromatic N) is 2. The molecular formula is C14H19N2O2+. The molecule has 0 spiro atoms. The van der Waals surface area contributed by atoms with Crippen LogP contribution < -0.4 is 0 Å². The smallest absolute Gasteiger partial charge is 0.266 e. The maximum atomic E-state index is 12.3. The summed E-state index contributed by atoms with van der Waals surface area (Å²) in [5.74, 6) is -0.342. The van der Waals surface area contributed by atoms with Crippen molar-refractivity contribution in [2.24, 2.45) is 0 Å². The number of fused-ring (bicyclic) bond motifs is 1. The summed E-state index contributed by atoms with van der Waals surface area (Å²) in [4.78, 5) is 26.1. The van der Waals surface area contributed by atoms with Gasteiger partial charge in [-0.15, -0.1) is 0 Å². The van der Waals surface area contributed by atoms with Crippen molar-refractivity contribution in [1.29, 1.82) is 0 Å². The fourth-order valence-electron chi connectivity index (χ4n) is 2.56. The predicted molar refractivity (Wildman–Crippen MR) is 69.1 cm³/mol. The maximum absolute atomic E-state index is 12.3. The van der Waals surface area contributed by atoms with Gasteiger partial charge in [0, 0.05) is 6.42 Å². The van der Waals surface area contributed by atoms with Crippen LogP contribution in [-0.4, -0.2) is 48.5 Å². The van der Waals surface area contributed by atoms with Gasteiger partial charge >= 0.3 is 0 Å². The quantitative estimate of drug-likeness (QED) is 0.602. The molecule has 1 aromatic rings. The summed E-state index contributed by atoms with van der Waals surface area (Å²) in [5.41, 5.74) is 1.05. The van der Waals surface area contributed by atoms with E-state index in [1.54, 1.807) is 24.3 Å². The standard InChI is InChI=1S/C14H19N2O2/c1-5-12(16(2,3)4)15-13(17)10-8-6-7-9-11(10)14(15)18/h6-9,12H,5H2,1-4H3/q+1. The lowest BCUT2D eigenvalue weighted by molar-refractivity contribution is -0.905. The molecule has 18 heavy (non-hydrogen) atoms. The lowest BCUT2D eigenvalue weighted by Crippen LogP contribution is -2.56. The zero-order chi connectivity index (χ0) is 13.5. The second kappa shape index (κ2) is 4.21. The predicted octanol–water partition coefficient (Wildman–Crippen LogP) is 1.72. The Balaban J connectivity index is 2.45. The molecule has 0 bridgehead atoms. The third kappa shape index (κ3) is 1.82. The van der Waals surface area contributed by atoms with Gasteiger partial charge in [0.1, 0.15) is 0 Å². The molecule has 1 aliphatic heterocycles. The largest absolute Gasteiger partial charge is 0.311 e. The monoisotopic (exact) mass is 247 g/mol. The number of carbonyl (C=O) groups is 2. The van der Waals surface area contributed by atoms with Crippen LogP contribution in [0.25, 0.3) is 0 Å². The summed E-state index contributed by atoms with van der Waals surface area (Å²) in [6.07, 6.45) is 0.618. The summed E-state index contributed by atoms with van der Waals surface area (Å²) >= 11 is 0. The Bertz CT molecular complexity index is 468.